The molecule has 0 aliphatic carbocycles. The van der Waals surface area contributed by atoms with Gasteiger partial charge in [0.15, 0.2) is 4.34 Å². The van der Waals surface area contributed by atoms with Gasteiger partial charge in [0.2, 0.25) is 11.0 Å². The van der Waals surface area contributed by atoms with Gasteiger partial charge in [-0.3, -0.25) is 4.79 Å². The molecule has 3 aromatic rings. The van der Waals surface area contributed by atoms with Gasteiger partial charge >= 0.3 is 6.61 Å². The average Bonchev–Trinajstić information content (AvgIpc) is 3.12. The van der Waals surface area contributed by atoms with E-state index in [0.717, 1.165) is 5.69 Å². The third-order valence-electron chi connectivity index (χ3n) is 3.87. The van der Waals surface area contributed by atoms with Crippen LogP contribution >= 0.6 is 23.1 Å². The van der Waals surface area contributed by atoms with Crippen LogP contribution in [0, 0.1) is 13.8 Å². The lowest BCUT2D eigenvalue weighted by molar-refractivity contribution is -0.113. The number of aryl methyl sites for hydroxylation is 2. The molecule has 6 nitrogen and oxygen atoms in total. The summed E-state index contributed by atoms with van der Waals surface area (Å²) in [5.41, 5.74) is 3.47. The molecule has 0 saturated heterocycles. The molecule has 0 aliphatic heterocycles. The lowest BCUT2D eigenvalue weighted by atomic mass is 10.1. The summed E-state index contributed by atoms with van der Waals surface area (Å²) in [4.78, 5) is 12.2. The fraction of sp³-hybridized carbons (Fsp3) is 0.211. The standard InChI is InChI=1S/C19H18F2N4O2S2/c1-11-7-8-13(9-12(11)2)22-18-24-25-19(29-18)28-10-16(26)23-14-5-3-4-6-15(14)27-17(20)21/h3-9,17H,10H2,1-2H3,(H,22,24)(H,23,26). The number of alkyl halides is 2. The van der Waals surface area contributed by atoms with Crippen LogP contribution in [0.15, 0.2) is 46.8 Å². The Balaban J connectivity index is 1.54. The minimum atomic E-state index is -2.97. The van der Waals surface area contributed by atoms with Crippen molar-refractivity contribution in [1.29, 1.82) is 0 Å². The molecule has 152 valence electrons. The van der Waals surface area contributed by atoms with E-state index in [1.54, 1.807) is 12.1 Å². The third-order valence-corrected chi connectivity index (χ3v) is 5.84. The quantitative estimate of drug-likeness (QED) is 0.471. The van der Waals surface area contributed by atoms with Crippen molar-refractivity contribution in [3.8, 4) is 5.75 Å². The Kier molecular flexibility index (Phi) is 6.99. The summed E-state index contributed by atoms with van der Waals surface area (Å²) in [5.74, 6) is -0.391. The summed E-state index contributed by atoms with van der Waals surface area (Å²) in [6.07, 6.45) is 0. The Morgan fingerprint density at radius 1 is 1.17 bits per heavy atom. The normalized spacial score (nSPS) is 10.8. The van der Waals surface area contributed by atoms with Crippen LogP contribution in [0.25, 0.3) is 0 Å². The number of nitrogens with zero attached hydrogens (tertiary/aromatic N) is 2. The van der Waals surface area contributed by atoms with Gasteiger partial charge in [-0.05, 0) is 49.2 Å². The van der Waals surface area contributed by atoms with E-state index in [1.165, 1.54) is 46.4 Å². The summed E-state index contributed by atoms with van der Waals surface area (Å²) in [5, 5.41) is 14.5. The fourth-order valence-corrected chi connectivity index (χ4v) is 3.92. The van der Waals surface area contributed by atoms with Crippen molar-refractivity contribution in [3.63, 3.8) is 0 Å². The van der Waals surface area contributed by atoms with Gasteiger partial charge in [0, 0.05) is 5.69 Å². The first-order valence-electron chi connectivity index (χ1n) is 8.55. The van der Waals surface area contributed by atoms with Crippen LogP contribution in [0.5, 0.6) is 5.75 Å². The lowest BCUT2D eigenvalue weighted by Gasteiger charge is -2.11. The van der Waals surface area contributed by atoms with Gasteiger partial charge in [0.1, 0.15) is 5.75 Å². The number of nitrogens with one attached hydrogen (secondary N) is 2. The molecular formula is C19H18F2N4O2S2. The first kappa shape index (κ1) is 21.0. The van der Waals surface area contributed by atoms with Gasteiger partial charge in [-0.25, -0.2) is 0 Å². The molecule has 2 N–H and O–H groups in total. The maximum Gasteiger partial charge on any atom is 0.387 e. The Morgan fingerprint density at radius 3 is 2.72 bits per heavy atom. The highest BCUT2D eigenvalue weighted by molar-refractivity contribution is 8.01. The first-order chi connectivity index (χ1) is 13.9. The molecule has 0 bridgehead atoms. The summed E-state index contributed by atoms with van der Waals surface area (Å²) < 4.78 is 29.9. The van der Waals surface area contributed by atoms with Crippen molar-refractivity contribution in [2.24, 2.45) is 0 Å². The molecule has 1 heterocycles. The van der Waals surface area contributed by atoms with E-state index in [4.69, 9.17) is 0 Å². The number of benzene rings is 2. The predicted molar refractivity (Wildman–Crippen MR) is 112 cm³/mol. The van der Waals surface area contributed by atoms with Crippen molar-refractivity contribution in [3.05, 3.63) is 53.6 Å². The fourth-order valence-electron chi connectivity index (χ4n) is 2.34. The van der Waals surface area contributed by atoms with Crippen molar-refractivity contribution in [2.75, 3.05) is 16.4 Å². The number of halogens is 2. The molecule has 0 unspecified atom stereocenters. The first-order valence-corrected chi connectivity index (χ1v) is 10.3. The van der Waals surface area contributed by atoms with Crippen LogP contribution in [-0.2, 0) is 4.79 Å². The van der Waals surface area contributed by atoms with Crippen LogP contribution in [-0.4, -0.2) is 28.5 Å². The summed E-state index contributed by atoms with van der Waals surface area (Å²) in [6, 6.07) is 12.0. The van der Waals surface area contributed by atoms with E-state index in [2.05, 4.69) is 25.6 Å². The number of hydrogen-bond donors (Lipinski definition) is 2. The minimum Gasteiger partial charge on any atom is -0.433 e. The van der Waals surface area contributed by atoms with Gasteiger partial charge in [-0.2, -0.15) is 8.78 Å². The molecule has 0 atom stereocenters. The average molecular weight is 437 g/mol. The van der Waals surface area contributed by atoms with Crippen molar-refractivity contribution in [1.82, 2.24) is 10.2 Å². The van der Waals surface area contributed by atoms with E-state index in [-0.39, 0.29) is 23.1 Å². The predicted octanol–water partition coefficient (Wildman–Crippen LogP) is 5.23. The topological polar surface area (TPSA) is 76.1 Å². The zero-order chi connectivity index (χ0) is 20.8. The highest BCUT2D eigenvalue weighted by Crippen LogP contribution is 2.29. The number of carbonyl (C=O) groups is 1. The van der Waals surface area contributed by atoms with Crippen LogP contribution in [0.3, 0.4) is 0 Å². The van der Waals surface area contributed by atoms with E-state index < -0.39 is 6.61 Å². The molecule has 3 rings (SSSR count). The van der Waals surface area contributed by atoms with Gasteiger partial charge in [0.25, 0.3) is 0 Å². The number of anilines is 3. The Hall–Kier alpha value is -2.72. The maximum atomic E-state index is 12.4. The van der Waals surface area contributed by atoms with E-state index in [1.807, 2.05) is 32.0 Å². The number of rotatable bonds is 8. The molecule has 2 aromatic carbocycles. The molecule has 1 aromatic heterocycles. The Labute approximate surface area is 174 Å². The molecule has 0 radical (unpaired) electrons. The Bertz CT molecular complexity index is 998. The maximum absolute atomic E-state index is 12.4. The van der Waals surface area contributed by atoms with E-state index >= 15 is 0 Å². The van der Waals surface area contributed by atoms with E-state index in [9.17, 15) is 13.6 Å². The van der Waals surface area contributed by atoms with Crippen LogP contribution in [0.1, 0.15) is 11.1 Å². The van der Waals surface area contributed by atoms with Crippen molar-refractivity contribution >= 4 is 45.5 Å². The molecule has 0 fully saturated rings. The molecule has 0 saturated carbocycles. The number of carbonyl (C=O) groups excluding carboxylic acids is 1. The van der Waals surface area contributed by atoms with Gasteiger partial charge in [-0.15, -0.1) is 10.2 Å². The molecule has 0 aliphatic rings. The zero-order valence-corrected chi connectivity index (χ0v) is 17.2. The number of thioether (sulfide) groups is 1. The van der Waals surface area contributed by atoms with Crippen LogP contribution < -0.4 is 15.4 Å². The highest BCUT2D eigenvalue weighted by atomic mass is 32.2. The monoisotopic (exact) mass is 436 g/mol. The Morgan fingerprint density at radius 2 is 1.97 bits per heavy atom. The van der Waals surface area contributed by atoms with Gasteiger partial charge < -0.3 is 15.4 Å². The van der Waals surface area contributed by atoms with Crippen molar-refractivity contribution < 1.29 is 18.3 Å². The van der Waals surface area contributed by atoms with Gasteiger partial charge in [0.05, 0.1) is 11.4 Å². The number of para-hydroxylation sites is 2. The van der Waals surface area contributed by atoms with E-state index in [0.29, 0.717) is 9.47 Å². The minimum absolute atomic E-state index is 0.0568. The number of ether oxygens (including phenoxy) is 1. The second-order valence-corrected chi connectivity index (χ2v) is 8.21. The SMILES string of the molecule is Cc1ccc(Nc2nnc(SCC(=O)Nc3ccccc3OC(F)F)s2)cc1C. The third kappa shape index (κ3) is 6.13. The molecule has 1 amide bonds. The summed E-state index contributed by atoms with van der Waals surface area (Å²) >= 11 is 2.53. The second kappa shape index (κ2) is 9.66. The molecule has 29 heavy (non-hydrogen) atoms. The number of amides is 1. The molecule has 10 heteroatoms. The highest BCUT2D eigenvalue weighted by Gasteiger charge is 2.13. The van der Waals surface area contributed by atoms with Crippen molar-refractivity contribution in [2.45, 2.75) is 24.8 Å². The largest absolute Gasteiger partial charge is 0.433 e. The summed E-state index contributed by atoms with van der Waals surface area (Å²) in [7, 11) is 0. The second-order valence-electron chi connectivity index (χ2n) is 6.01. The zero-order valence-electron chi connectivity index (χ0n) is 15.6. The van der Waals surface area contributed by atoms with Crippen LogP contribution in [0.4, 0.5) is 25.3 Å². The van der Waals surface area contributed by atoms with Crippen LogP contribution in [0.2, 0.25) is 0 Å². The number of aromatic nitrogens is 2. The molecular weight excluding hydrogens is 418 g/mol. The molecule has 0 spiro atoms. The smallest absolute Gasteiger partial charge is 0.387 e. The number of hydrogen-bond acceptors (Lipinski definition) is 7. The van der Waals surface area contributed by atoms with Gasteiger partial charge in [-0.1, -0.05) is 41.3 Å². The summed E-state index contributed by atoms with van der Waals surface area (Å²) in [6.45, 7) is 1.11. The lowest BCUT2D eigenvalue weighted by Crippen LogP contribution is -2.15.